The molecule has 0 aliphatic carbocycles. The molecule has 1 aromatic carbocycles. The predicted octanol–water partition coefficient (Wildman–Crippen LogP) is 3.22. The van der Waals surface area contributed by atoms with Crippen LogP contribution in [-0.2, 0) is 14.4 Å². The van der Waals surface area contributed by atoms with Gasteiger partial charge < -0.3 is 20.6 Å². The van der Waals surface area contributed by atoms with Gasteiger partial charge in [0.05, 0.1) is 32.7 Å². The van der Waals surface area contributed by atoms with E-state index >= 15 is 0 Å². The molecule has 3 rings (SSSR count). The van der Waals surface area contributed by atoms with Gasteiger partial charge in [-0.3, -0.25) is 14.4 Å². The number of rotatable bonds is 7. The molecule has 0 bridgehead atoms. The van der Waals surface area contributed by atoms with Crippen molar-refractivity contribution in [2.45, 2.75) is 65.3 Å². The smallest absolute Gasteiger partial charge is 0.246 e. The quantitative estimate of drug-likeness (QED) is 0.329. The maximum absolute atomic E-state index is 13.5. The zero-order valence-corrected chi connectivity index (χ0v) is 23.6. The average Bonchev–Trinajstić information content (AvgIpc) is 3.41. The molecule has 0 saturated carbocycles. The number of carbonyl (C=O) groups excluding carboxylic acids is 3. The number of aliphatic hydroxyl groups is 1. The third-order valence-corrected chi connectivity index (χ3v) is 7.85. The zero-order valence-electron chi connectivity index (χ0n) is 20.7. The van der Waals surface area contributed by atoms with Gasteiger partial charge in [0.1, 0.15) is 12.1 Å². The van der Waals surface area contributed by atoms with Crippen molar-refractivity contribution in [3.05, 3.63) is 41.0 Å². The van der Waals surface area contributed by atoms with E-state index in [-0.39, 0.29) is 41.2 Å². The van der Waals surface area contributed by atoms with Crippen LogP contribution in [0.25, 0.3) is 10.4 Å². The Morgan fingerprint density at radius 1 is 1.23 bits per heavy atom. The van der Waals surface area contributed by atoms with E-state index in [2.05, 4.69) is 15.6 Å². The maximum atomic E-state index is 13.5. The van der Waals surface area contributed by atoms with Crippen LogP contribution < -0.4 is 10.6 Å². The minimum absolute atomic E-state index is 0.0564. The molecule has 35 heavy (non-hydrogen) atoms. The fraction of sp³-hybridized carbons (Fsp3) is 0.520. The molecule has 3 N–H and O–H groups in total. The Morgan fingerprint density at radius 2 is 1.89 bits per heavy atom. The Labute approximate surface area is 224 Å². The van der Waals surface area contributed by atoms with Crippen molar-refractivity contribution >= 4 is 51.6 Å². The van der Waals surface area contributed by atoms with Crippen molar-refractivity contribution in [2.24, 2.45) is 5.41 Å². The summed E-state index contributed by atoms with van der Waals surface area (Å²) in [6, 6.07) is 6.08. The van der Waals surface area contributed by atoms with Crippen molar-refractivity contribution in [2.75, 3.05) is 11.0 Å². The first-order chi connectivity index (χ1) is 16.4. The molecule has 1 saturated heterocycles. The fourth-order valence-corrected chi connectivity index (χ4v) is 5.25. The number of amides is 3. The number of halogens is 1. The van der Waals surface area contributed by atoms with Crippen molar-refractivity contribution in [3.8, 4) is 10.4 Å². The van der Waals surface area contributed by atoms with E-state index in [0.717, 1.165) is 21.7 Å². The second-order valence-corrected chi connectivity index (χ2v) is 11.6. The molecule has 1 aliphatic rings. The van der Waals surface area contributed by atoms with Crippen LogP contribution in [0, 0.1) is 12.3 Å². The highest BCUT2D eigenvalue weighted by Gasteiger charge is 2.44. The number of nitrogens with zero attached hydrogens (tertiary/aromatic N) is 2. The lowest BCUT2D eigenvalue weighted by Gasteiger charge is -2.35. The number of benzene rings is 1. The van der Waals surface area contributed by atoms with Gasteiger partial charge in [0, 0.05) is 13.0 Å². The van der Waals surface area contributed by atoms with Gasteiger partial charge in [-0.05, 0) is 30.4 Å². The third-order valence-electron chi connectivity index (χ3n) is 6.18. The molecule has 2 heterocycles. The van der Waals surface area contributed by atoms with Crippen LogP contribution >= 0.6 is 33.9 Å². The number of thiazole rings is 1. The Hall–Kier alpha value is -2.05. The van der Waals surface area contributed by atoms with Crippen LogP contribution in [0.15, 0.2) is 29.8 Å². The van der Waals surface area contributed by atoms with Crippen LogP contribution in [-0.4, -0.2) is 61.9 Å². The monoisotopic (exact) mass is 612 g/mol. The first kappa shape index (κ1) is 27.5. The SMILES string of the molecule is Cc1ncsc1-c1ccc([C@H](C)NC(=O)[C@@H]2C[C@@H](O)CN2C(=O)[C@@H](NC(=O)CI)C(C)(C)C)cc1. The third kappa shape index (κ3) is 6.59. The summed E-state index contributed by atoms with van der Waals surface area (Å²) in [6.45, 7) is 9.52. The second kappa shape index (κ2) is 11.3. The van der Waals surface area contributed by atoms with Gasteiger partial charge >= 0.3 is 0 Å². The minimum Gasteiger partial charge on any atom is -0.391 e. The Morgan fingerprint density at radius 3 is 2.43 bits per heavy atom. The largest absolute Gasteiger partial charge is 0.391 e. The highest BCUT2D eigenvalue weighted by Crippen LogP contribution is 2.29. The van der Waals surface area contributed by atoms with Gasteiger partial charge in [-0.2, -0.15) is 0 Å². The summed E-state index contributed by atoms with van der Waals surface area (Å²) < 4.78 is 0.225. The number of likely N-dealkylation sites (tertiary alicyclic amines) is 1. The molecule has 1 aliphatic heterocycles. The molecular weight excluding hydrogens is 579 g/mol. The van der Waals surface area contributed by atoms with E-state index in [4.69, 9.17) is 0 Å². The molecular formula is C25H33IN4O4S. The first-order valence-electron chi connectivity index (χ1n) is 11.6. The van der Waals surface area contributed by atoms with E-state index in [9.17, 15) is 19.5 Å². The summed E-state index contributed by atoms with van der Waals surface area (Å²) in [6.07, 6.45) is -0.641. The summed E-state index contributed by atoms with van der Waals surface area (Å²) in [5, 5.41) is 16.1. The van der Waals surface area contributed by atoms with Crippen molar-refractivity contribution < 1.29 is 19.5 Å². The van der Waals surface area contributed by atoms with Gasteiger partial charge in [0.2, 0.25) is 17.7 Å². The molecule has 8 nitrogen and oxygen atoms in total. The van der Waals surface area contributed by atoms with Crippen LogP contribution in [0.3, 0.4) is 0 Å². The molecule has 0 radical (unpaired) electrons. The lowest BCUT2D eigenvalue weighted by molar-refractivity contribution is -0.143. The Balaban J connectivity index is 1.73. The highest BCUT2D eigenvalue weighted by atomic mass is 127. The molecule has 190 valence electrons. The molecule has 10 heteroatoms. The maximum Gasteiger partial charge on any atom is 0.246 e. The number of alkyl halides is 1. The Bertz CT molecular complexity index is 1070. The number of nitrogens with one attached hydrogen (secondary N) is 2. The van der Waals surface area contributed by atoms with Crippen LogP contribution in [0.4, 0.5) is 0 Å². The average molecular weight is 613 g/mol. The zero-order chi connectivity index (χ0) is 25.9. The van der Waals surface area contributed by atoms with Crippen molar-refractivity contribution in [1.29, 1.82) is 0 Å². The standard InChI is InChI=1S/C25H33IN4O4S/c1-14(16-6-8-17(9-7-16)21-15(2)27-13-35-21)28-23(33)19-10-18(31)12-30(19)24(34)22(25(3,4)5)29-20(32)11-26/h6-9,13-14,18-19,22,31H,10-12H2,1-5H3,(H,28,33)(H,29,32)/t14-,18+,19-,22+/m0/s1. The van der Waals surface area contributed by atoms with Crippen LogP contribution in [0.1, 0.15) is 51.4 Å². The van der Waals surface area contributed by atoms with Gasteiger partial charge in [-0.15, -0.1) is 11.3 Å². The number of hydrogen-bond acceptors (Lipinski definition) is 6. The number of β-amino-alcohol motifs (C(OH)–C–C–N with tert-alkyl or cyclic N) is 1. The number of carbonyl (C=O) groups is 3. The van der Waals surface area contributed by atoms with E-state index in [1.807, 2.05) is 87.0 Å². The summed E-state index contributed by atoms with van der Waals surface area (Å²) in [5.74, 6) is -0.924. The van der Waals surface area contributed by atoms with Crippen LogP contribution in [0.2, 0.25) is 0 Å². The van der Waals surface area contributed by atoms with Gasteiger partial charge in [0.25, 0.3) is 0 Å². The molecule has 4 atom stereocenters. The summed E-state index contributed by atoms with van der Waals surface area (Å²) in [7, 11) is 0. The van der Waals surface area contributed by atoms with Gasteiger partial charge in [0.15, 0.2) is 0 Å². The summed E-state index contributed by atoms with van der Waals surface area (Å²) >= 11 is 3.53. The first-order valence-corrected chi connectivity index (χ1v) is 14.0. The number of aromatic nitrogens is 1. The Kier molecular flexibility index (Phi) is 8.92. The fourth-order valence-electron chi connectivity index (χ4n) is 4.22. The summed E-state index contributed by atoms with van der Waals surface area (Å²) in [4.78, 5) is 45.6. The normalized spacial score (nSPS) is 19.8. The van der Waals surface area contributed by atoms with Crippen molar-refractivity contribution in [3.63, 3.8) is 0 Å². The molecule has 3 amide bonds. The number of aryl methyl sites for hydroxylation is 1. The molecule has 2 aromatic rings. The van der Waals surface area contributed by atoms with Crippen molar-refractivity contribution in [1.82, 2.24) is 20.5 Å². The lowest BCUT2D eigenvalue weighted by atomic mass is 9.85. The highest BCUT2D eigenvalue weighted by molar-refractivity contribution is 14.1. The molecule has 0 unspecified atom stereocenters. The minimum atomic E-state index is -0.805. The molecule has 1 fully saturated rings. The molecule has 1 aromatic heterocycles. The number of aliphatic hydroxyl groups excluding tert-OH is 1. The van der Waals surface area contributed by atoms with Gasteiger partial charge in [-0.25, -0.2) is 4.98 Å². The van der Waals surface area contributed by atoms with E-state index in [0.29, 0.717) is 0 Å². The van der Waals surface area contributed by atoms with Gasteiger partial charge in [-0.1, -0.05) is 67.6 Å². The lowest BCUT2D eigenvalue weighted by Crippen LogP contribution is -2.58. The molecule has 0 spiro atoms. The topological polar surface area (TPSA) is 112 Å². The van der Waals surface area contributed by atoms with E-state index in [1.165, 1.54) is 4.90 Å². The predicted molar refractivity (Wildman–Crippen MR) is 145 cm³/mol. The van der Waals surface area contributed by atoms with E-state index in [1.54, 1.807) is 11.3 Å². The second-order valence-electron chi connectivity index (χ2n) is 10.0. The summed E-state index contributed by atoms with van der Waals surface area (Å²) in [5.41, 5.74) is 4.25. The number of hydrogen-bond donors (Lipinski definition) is 3. The van der Waals surface area contributed by atoms with E-state index < -0.39 is 23.6 Å². The van der Waals surface area contributed by atoms with Crippen LogP contribution in [0.5, 0.6) is 0 Å².